The van der Waals surface area contributed by atoms with Gasteiger partial charge in [0.05, 0.1) is 0 Å². The molecule has 0 radical (unpaired) electrons. The zero-order valence-electron chi connectivity index (χ0n) is 9.83. The topological polar surface area (TPSA) is 32.3 Å². The Morgan fingerprint density at radius 2 is 2.13 bits per heavy atom. The Kier molecular flexibility index (Phi) is 3.29. The minimum Gasteiger partial charge on any atom is -0.340 e. The molecule has 2 aliphatic heterocycles. The second kappa shape index (κ2) is 4.52. The van der Waals surface area contributed by atoms with Crippen LogP contribution >= 0.6 is 0 Å². The Morgan fingerprint density at radius 3 is 2.67 bits per heavy atom. The van der Waals surface area contributed by atoms with Crippen molar-refractivity contribution in [1.82, 2.24) is 10.2 Å². The molecule has 2 rings (SSSR count). The van der Waals surface area contributed by atoms with Crippen LogP contribution in [-0.4, -0.2) is 36.5 Å². The van der Waals surface area contributed by atoms with Gasteiger partial charge >= 0.3 is 0 Å². The highest BCUT2D eigenvalue weighted by Gasteiger charge is 2.29. The predicted molar refractivity (Wildman–Crippen MR) is 60.5 cm³/mol. The molecule has 0 aromatic rings. The van der Waals surface area contributed by atoms with Gasteiger partial charge in [-0.05, 0) is 44.7 Å². The second-order valence-corrected chi connectivity index (χ2v) is 5.29. The Balaban J connectivity index is 1.83. The lowest BCUT2D eigenvalue weighted by Crippen LogP contribution is -2.49. The van der Waals surface area contributed by atoms with E-state index in [-0.39, 0.29) is 0 Å². The standard InChI is InChI=1S/C12H22N2O/c1-9-3-4-14(10(2)5-9)12(15)6-11-7-13-8-11/h9-11,13H,3-8H2,1-2H3. The van der Waals surface area contributed by atoms with Gasteiger partial charge in [0, 0.05) is 19.0 Å². The molecule has 2 fully saturated rings. The van der Waals surface area contributed by atoms with E-state index in [1.807, 2.05) is 0 Å². The number of amides is 1. The molecule has 0 aliphatic carbocycles. The van der Waals surface area contributed by atoms with Gasteiger partial charge in [-0.3, -0.25) is 4.79 Å². The monoisotopic (exact) mass is 210 g/mol. The fraction of sp³-hybridized carbons (Fsp3) is 0.917. The number of hydrogen-bond acceptors (Lipinski definition) is 2. The van der Waals surface area contributed by atoms with Crippen LogP contribution in [0.5, 0.6) is 0 Å². The van der Waals surface area contributed by atoms with Crippen molar-refractivity contribution in [3.05, 3.63) is 0 Å². The van der Waals surface area contributed by atoms with Crippen molar-refractivity contribution < 1.29 is 4.79 Å². The van der Waals surface area contributed by atoms with E-state index in [1.54, 1.807) is 0 Å². The Bertz CT molecular complexity index is 238. The summed E-state index contributed by atoms with van der Waals surface area (Å²) in [4.78, 5) is 14.1. The van der Waals surface area contributed by atoms with Crippen LogP contribution in [0.25, 0.3) is 0 Å². The summed E-state index contributed by atoms with van der Waals surface area (Å²) in [5, 5.41) is 3.22. The average molecular weight is 210 g/mol. The Labute approximate surface area is 92.2 Å². The third-order valence-electron chi connectivity index (χ3n) is 3.79. The Morgan fingerprint density at radius 1 is 1.40 bits per heavy atom. The second-order valence-electron chi connectivity index (χ2n) is 5.29. The lowest BCUT2D eigenvalue weighted by molar-refractivity contribution is -0.136. The molecule has 0 saturated carbocycles. The van der Waals surface area contributed by atoms with Crippen LogP contribution in [0.4, 0.5) is 0 Å². The first-order valence-electron chi connectivity index (χ1n) is 6.17. The summed E-state index contributed by atoms with van der Waals surface area (Å²) < 4.78 is 0. The molecule has 2 saturated heterocycles. The van der Waals surface area contributed by atoms with Gasteiger partial charge in [0.1, 0.15) is 0 Å². The number of nitrogens with one attached hydrogen (secondary N) is 1. The molecule has 1 amide bonds. The smallest absolute Gasteiger partial charge is 0.223 e. The van der Waals surface area contributed by atoms with Gasteiger partial charge in [0.15, 0.2) is 0 Å². The molecule has 2 heterocycles. The van der Waals surface area contributed by atoms with Gasteiger partial charge < -0.3 is 10.2 Å². The van der Waals surface area contributed by atoms with E-state index in [4.69, 9.17) is 0 Å². The van der Waals surface area contributed by atoms with Gasteiger partial charge in [0.2, 0.25) is 5.91 Å². The van der Waals surface area contributed by atoms with Crippen molar-refractivity contribution in [2.75, 3.05) is 19.6 Å². The molecule has 15 heavy (non-hydrogen) atoms. The first-order valence-corrected chi connectivity index (χ1v) is 6.17. The van der Waals surface area contributed by atoms with E-state index >= 15 is 0 Å². The number of nitrogens with zero attached hydrogens (tertiary/aromatic N) is 1. The van der Waals surface area contributed by atoms with Crippen LogP contribution in [0.2, 0.25) is 0 Å². The minimum absolute atomic E-state index is 0.376. The third-order valence-corrected chi connectivity index (χ3v) is 3.79. The fourth-order valence-electron chi connectivity index (χ4n) is 2.63. The van der Waals surface area contributed by atoms with Crippen LogP contribution in [0.15, 0.2) is 0 Å². The highest BCUT2D eigenvalue weighted by Crippen LogP contribution is 2.23. The normalized spacial score (nSPS) is 32.5. The van der Waals surface area contributed by atoms with Crippen LogP contribution in [0.1, 0.15) is 33.1 Å². The molecule has 1 N–H and O–H groups in total. The highest BCUT2D eigenvalue weighted by molar-refractivity contribution is 5.77. The van der Waals surface area contributed by atoms with Crippen molar-refractivity contribution in [3.8, 4) is 0 Å². The summed E-state index contributed by atoms with van der Waals surface area (Å²) in [6, 6.07) is 0.453. The highest BCUT2D eigenvalue weighted by atomic mass is 16.2. The summed E-state index contributed by atoms with van der Waals surface area (Å²) in [6.45, 7) is 7.51. The average Bonchev–Trinajstić information content (AvgIpc) is 2.11. The summed E-state index contributed by atoms with van der Waals surface area (Å²) >= 11 is 0. The van der Waals surface area contributed by atoms with Crippen LogP contribution in [0, 0.1) is 11.8 Å². The molecule has 2 unspecified atom stereocenters. The maximum Gasteiger partial charge on any atom is 0.223 e. The molecule has 86 valence electrons. The molecule has 0 spiro atoms. The summed E-state index contributed by atoms with van der Waals surface area (Å²) in [6.07, 6.45) is 3.11. The number of carbonyl (C=O) groups excluding carboxylic acids is 1. The van der Waals surface area contributed by atoms with Crippen LogP contribution < -0.4 is 5.32 Å². The van der Waals surface area contributed by atoms with Crippen LogP contribution in [0.3, 0.4) is 0 Å². The van der Waals surface area contributed by atoms with E-state index in [0.29, 0.717) is 17.9 Å². The largest absolute Gasteiger partial charge is 0.340 e. The lowest BCUT2D eigenvalue weighted by Gasteiger charge is -2.38. The number of likely N-dealkylation sites (tertiary alicyclic amines) is 1. The SMILES string of the molecule is CC1CCN(C(=O)CC2CNC2)C(C)C1. The van der Waals surface area contributed by atoms with Crippen molar-refractivity contribution in [2.24, 2.45) is 11.8 Å². The van der Waals surface area contributed by atoms with Crippen LogP contribution in [-0.2, 0) is 4.79 Å². The molecule has 3 heteroatoms. The summed E-state index contributed by atoms with van der Waals surface area (Å²) in [5.41, 5.74) is 0. The summed E-state index contributed by atoms with van der Waals surface area (Å²) in [5.74, 6) is 1.76. The lowest BCUT2D eigenvalue weighted by atomic mass is 9.91. The molecule has 0 bridgehead atoms. The van der Waals surface area contributed by atoms with E-state index < -0.39 is 0 Å². The van der Waals surface area contributed by atoms with Crippen molar-refractivity contribution in [1.29, 1.82) is 0 Å². The third kappa shape index (κ3) is 2.51. The molecular weight excluding hydrogens is 188 g/mol. The molecular formula is C12H22N2O. The zero-order chi connectivity index (χ0) is 10.8. The minimum atomic E-state index is 0.376. The van der Waals surface area contributed by atoms with Gasteiger partial charge in [0.25, 0.3) is 0 Å². The van der Waals surface area contributed by atoms with Crippen molar-refractivity contribution in [3.63, 3.8) is 0 Å². The Hall–Kier alpha value is -0.570. The van der Waals surface area contributed by atoms with Crippen molar-refractivity contribution in [2.45, 2.75) is 39.2 Å². The van der Waals surface area contributed by atoms with Gasteiger partial charge in [-0.15, -0.1) is 0 Å². The predicted octanol–water partition coefficient (Wildman–Crippen LogP) is 1.24. The molecule has 0 aromatic heterocycles. The van der Waals surface area contributed by atoms with Gasteiger partial charge in [-0.2, -0.15) is 0 Å². The first kappa shape index (κ1) is 10.9. The fourth-order valence-corrected chi connectivity index (χ4v) is 2.63. The number of carbonyl (C=O) groups is 1. The first-order chi connectivity index (χ1) is 7.16. The van der Waals surface area contributed by atoms with E-state index in [9.17, 15) is 4.79 Å². The van der Waals surface area contributed by atoms with Gasteiger partial charge in [-0.25, -0.2) is 0 Å². The molecule has 3 nitrogen and oxygen atoms in total. The quantitative estimate of drug-likeness (QED) is 0.744. The number of rotatable bonds is 2. The van der Waals surface area contributed by atoms with Crippen molar-refractivity contribution >= 4 is 5.91 Å². The van der Waals surface area contributed by atoms with E-state index in [2.05, 4.69) is 24.1 Å². The number of hydrogen-bond donors (Lipinski definition) is 1. The maximum absolute atomic E-state index is 12.0. The molecule has 2 aliphatic rings. The van der Waals surface area contributed by atoms with Gasteiger partial charge in [-0.1, -0.05) is 6.92 Å². The van der Waals surface area contributed by atoms with E-state index in [0.717, 1.165) is 32.0 Å². The molecule has 0 aromatic carbocycles. The van der Waals surface area contributed by atoms with E-state index in [1.165, 1.54) is 12.8 Å². The number of piperidine rings is 1. The maximum atomic E-state index is 12.0. The summed E-state index contributed by atoms with van der Waals surface area (Å²) in [7, 11) is 0. The molecule has 2 atom stereocenters. The zero-order valence-corrected chi connectivity index (χ0v) is 9.83.